The summed E-state index contributed by atoms with van der Waals surface area (Å²) in [5, 5.41) is 10.3. The molecule has 8 heteroatoms. The fraction of sp³-hybridized carbons (Fsp3) is 0.348. The number of fused-ring (bicyclic) bond motifs is 3. The van der Waals surface area contributed by atoms with Gasteiger partial charge in [-0.2, -0.15) is 5.10 Å². The molecule has 0 bridgehead atoms. The summed E-state index contributed by atoms with van der Waals surface area (Å²) in [4.78, 5) is 27.6. The summed E-state index contributed by atoms with van der Waals surface area (Å²) in [6, 6.07) is 8.94. The summed E-state index contributed by atoms with van der Waals surface area (Å²) in [5.74, 6) is 1.00. The predicted molar refractivity (Wildman–Crippen MR) is 116 cm³/mol. The van der Waals surface area contributed by atoms with Gasteiger partial charge in [-0.3, -0.25) is 14.7 Å². The molecule has 1 aromatic carbocycles. The second kappa shape index (κ2) is 7.94. The Hall–Kier alpha value is -3.55. The predicted octanol–water partition coefficient (Wildman–Crippen LogP) is 3.32. The third-order valence-electron chi connectivity index (χ3n) is 6.08. The molecule has 2 aliphatic heterocycles. The van der Waals surface area contributed by atoms with Crippen LogP contribution >= 0.6 is 0 Å². The van der Waals surface area contributed by atoms with Gasteiger partial charge in [-0.05, 0) is 49.9 Å². The van der Waals surface area contributed by atoms with E-state index in [1.54, 1.807) is 31.4 Å². The van der Waals surface area contributed by atoms with Crippen molar-refractivity contribution in [1.29, 1.82) is 0 Å². The lowest BCUT2D eigenvalue weighted by Crippen LogP contribution is -2.35. The van der Waals surface area contributed by atoms with Crippen LogP contribution in [0.4, 0.5) is 5.82 Å². The summed E-state index contributed by atoms with van der Waals surface area (Å²) in [5.41, 5.74) is 3.95. The third kappa shape index (κ3) is 3.58. The molecule has 1 fully saturated rings. The molecule has 2 aromatic heterocycles. The molecule has 0 atom stereocenters. The lowest BCUT2D eigenvalue weighted by molar-refractivity contribution is 0.0724. The van der Waals surface area contributed by atoms with Crippen LogP contribution in [-0.4, -0.2) is 51.7 Å². The Morgan fingerprint density at radius 1 is 1.10 bits per heavy atom. The molecule has 0 saturated carbocycles. The zero-order chi connectivity index (χ0) is 21.4. The molecule has 160 valence electrons. The van der Waals surface area contributed by atoms with Gasteiger partial charge < -0.3 is 19.5 Å². The van der Waals surface area contributed by atoms with E-state index >= 15 is 0 Å². The molecule has 2 N–H and O–H groups in total. The summed E-state index contributed by atoms with van der Waals surface area (Å²) >= 11 is 0. The number of nitrogens with one attached hydrogen (secondary N) is 2. The highest BCUT2D eigenvalue weighted by Gasteiger charge is 2.27. The number of rotatable bonds is 4. The van der Waals surface area contributed by atoms with Crippen molar-refractivity contribution in [2.45, 2.75) is 32.2 Å². The van der Waals surface area contributed by atoms with E-state index in [-0.39, 0.29) is 11.8 Å². The van der Waals surface area contributed by atoms with E-state index < -0.39 is 0 Å². The van der Waals surface area contributed by atoms with Crippen LogP contribution in [0.3, 0.4) is 0 Å². The molecule has 3 aromatic rings. The van der Waals surface area contributed by atoms with E-state index in [0.29, 0.717) is 22.7 Å². The molecular formula is C23H25N5O3. The summed E-state index contributed by atoms with van der Waals surface area (Å²) in [7, 11) is 1.57. The van der Waals surface area contributed by atoms with Crippen LogP contribution in [0.5, 0.6) is 5.75 Å². The number of carbonyl (C=O) groups is 2. The molecule has 1 saturated heterocycles. The Bertz CT molecular complexity index is 1140. The van der Waals surface area contributed by atoms with Crippen LogP contribution in [0.1, 0.15) is 45.5 Å². The van der Waals surface area contributed by atoms with Crippen molar-refractivity contribution in [3.8, 4) is 17.1 Å². The van der Waals surface area contributed by atoms with Crippen molar-refractivity contribution < 1.29 is 14.3 Å². The number of methoxy groups -OCH3 is 1. The van der Waals surface area contributed by atoms with Gasteiger partial charge in [-0.1, -0.05) is 6.07 Å². The largest absolute Gasteiger partial charge is 0.497 e. The molecule has 0 aliphatic carbocycles. The van der Waals surface area contributed by atoms with Crippen LogP contribution in [0.15, 0.2) is 36.5 Å². The first-order chi connectivity index (χ1) is 15.1. The monoisotopic (exact) mass is 419 g/mol. The van der Waals surface area contributed by atoms with Gasteiger partial charge >= 0.3 is 0 Å². The topological polar surface area (TPSA) is 92.2 Å². The third-order valence-corrected chi connectivity index (χ3v) is 6.08. The number of benzene rings is 1. The number of likely N-dealkylation sites (tertiary alicyclic amines) is 1. The van der Waals surface area contributed by atoms with E-state index in [2.05, 4.69) is 20.1 Å². The first-order valence-electron chi connectivity index (χ1n) is 10.7. The SMILES string of the molecule is COc1cccc(C(=O)Nc2n[nH]c3c2CCn2cc(C(=O)N4CCCCC4)cc2-3)c1. The Balaban J connectivity index is 1.38. The fourth-order valence-electron chi connectivity index (χ4n) is 4.40. The first kappa shape index (κ1) is 19.4. The molecule has 5 rings (SSSR count). The minimum absolute atomic E-state index is 0.0919. The second-order valence-corrected chi connectivity index (χ2v) is 8.02. The van der Waals surface area contributed by atoms with Gasteiger partial charge in [0.2, 0.25) is 0 Å². The smallest absolute Gasteiger partial charge is 0.257 e. The number of H-pyrrole nitrogens is 1. The molecule has 8 nitrogen and oxygen atoms in total. The Labute approximate surface area is 180 Å². The van der Waals surface area contributed by atoms with Crippen molar-refractivity contribution in [3.05, 3.63) is 53.2 Å². The number of hydrogen-bond donors (Lipinski definition) is 2. The van der Waals surface area contributed by atoms with Crippen molar-refractivity contribution in [1.82, 2.24) is 19.7 Å². The quantitative estimate of drug-likeness (QED) is 0.679. The maximum Gasteiger partial charge on any atom is 0.257 e. The van der Waals surface area contributed by atoms with E-state index in [9.17, 15) is 9.59 Å². The summed E-state index contributed by atoms with van der Waals surface area (Å²) < 4.78 is 7.29. The Morgan fingerprint density at radius 2 is 1.94 bits per heavy atom. The maximum atomic E-state index is 12.9. The highest BCUT2D eigenvalue weighted by atomic mass is 16.5. The number of hydrogen-bond acceptors (Lipinski definition) is 4. The zero-order valence-electron chi connectivity index (χ0n) is 17.5. The standard InChI is InChI=1S/C23H25N5O3/c1-31-17-7-5-6-15(12-17)22(29)24-21-18-8-11-28-14-16(13-19(28)20(18)25-26-21)23(30)27-9-3-2-4-10-27/h5-7,12-14H,2-4,8-11H2,1H3,(H2,24,25,26,29). The van der Waals surface area contributed by atoms with E-state index in [1.165, 1.54) is 6.42 Å². The van der Waals surface area contributed by atoms with Crippen LogP contribution in [0.2, 0.25) is 0 Å². The number of piperidine rings is 1. The number of anilines is 1. The van der Waals surface area contributed by atoms with Crippen molar-refractivity contribution in [2.75, 3.05) is 25.5 Å². The van der Waals surface area contributed by atoms with Gasteiger partial charge in [0.05, 0.1) is 24.1 Å². The van der Waals surface area contributed by atoms with Gasteiger partial charge in [0, 0.05) is 37.0 Å². The van der Waals surface area contributed by atoms with Crippen molar-refractivity contribution >= 4 is 17.6 Å². The molecule has 2 amide bonds. The number of nitrogens with zero attached hydrogens (tertiary/aromatic N) is 3. The number of amides is 2. The average Bonchev–Trinajstić information content (AvgIpc) is 3.43. The number of aryl methyl sites for hydroxylation is 1. The van der Waals surface area contributed by atoms with E-state index in [4.69, 9.17) is 4.74 Å². The van der Waals surface area contributed by atoms with Gasteiger partial charge in [0.25, 0.3) is 11.8 Å². The normalized spacial score (nSPS) is 15.2. The van der Waals surface area contributed by atoms with Crippen molar-refractivity contribution in [2.24, 2.45) is 0 Å². The van der Waals surface area contributed by atoms with E-state index in [0.717, 1.165) is 55.8 Å². The fourth-order valence-corrected chi connectivity index (χ4v) is 4.40. The van der Waals surface area contributed by atoms with Crippen LogP contribution in [0.25, 0.3) is 11.4 Å². The minimum Gasteiger partial charge on any atom is -0.497 e. The maximum absolute atomic E-state index is 12.9. The van der Waals surface area contributed by atoms with E-state index in [1.807, 2.05) is 17.2 Å². The minimum atomic E-state index is -0.241. The number of carbonyl (C=O) groups excluding carboxylic acids is 2. The zero-order valence-corrected chi connectivity index (χ0v) is 17.5. The molecule has 31 heavy (non-hydrogen) atoms. The van der Waals surface area contributed by atoms with Crippen LogP contribution in [0, 0.1) is 0 Å². The highest BCUT2D eigenvalue weighted by molar-refractivity contribution is 6.04. The van der Waals surface area contributed by atoms with Gasteiger partial charge in [0.15, 0.2) is 5.82 Å². The second-order valence-electron chi connectivity index (χ2n) is 8.02. The average molecular weight is 419 g/mol. The Kier molecular flexibility index (Phi) is 4.97. The molecule has 0 spiro atoms. The summed E-state index contributed by atoms with van der Waals surface area (Å²) in [6.07, 6.45) is 5.99. The van der Waals surface area contributed by atoms with Gasteiger partial charge in [0.1, 0.15) is 5.75 Å². The molecule has 0 radical (unpaired) electrons. The van der Waals surface area contributed by atoms with Gasteiger partial charge in [-0.25, -0.2) is 0 Å². The lowest BCUT2D eigenvalue weighted by Gasteiger charge is -2.26. The molecular weight excluding hydrogens is 394 g/mol. The lowest BCUT2D eigenvalue weighted by atomic mass is 10.1. The van der Waals surface area contributed by atoms with Crippen LogP contribution < -0.4 is 10.1 Å². The molecule has 4 heterocycles. The number of ether oxygens (including phenoxy) is 1. The first-order valence-corrected chi connectivity index (χ1v) is 10.7. The molecule has 2 aliphatic rings. The van der Waals surface area contributed by atoms with Crippen LogP contribution in [-0.2, 0) is 13.0 Å². The number of aromatic amines is 1. The number of aromatic nitrogens is 3. The van der Waals surface area contributed by atoms with Crippen molar-refractivity contribution in [3.63, 3.8) is 0 Å². The summed E-state index contributed by atoms with van der Waals surface area (Å²) in [6.45, 7) is 2.39. The Morgan fingerprint density at radius 3 is 2.74 bits per heavy atom. The van der Waals surface area contributed by atoms with Gasteiger partial charge in [-0.15, -0.1) is 0 Å². The molecule has 0 unspecified atom stereocenters. The highest BCUT2D eigenvalue weighted by Crippen LogP contribution is 2.34.